The lowest BCUT2D eigenvalue weighted by Crippen LogP contribution is -2.39. The third kappa shape index (κ3) is 5.89. The van der Waals surface area contributed by atoms with Crippen molar-refractivity contribution in [2.45, 2.75) is 68.4 Å². The number of carbonyl (C=O) groups is 1. The first-order chi connectivity index (χ1) is 18.4. The molecule has 39 heavy (non-hydrogen) atoms. The second-order valence-electron chi connectivity index (χ2n) is 11.4. The van der Waals surface area contributed by atoms with Crippen LogP contribution in [0, 0.1) is 12.3 Å². The van der Waals surface area contributed by atoms with Crippen LogP contribution in [0.3, 0.4) is 0 Å². The average Bonchev–Trinajstić information content (AvgIpc) is 3.66. The fraction of sp³-hybridized carbons (Fsp3) is 0.571. The number of pyridine rings is 1. The Morgan fingerprint density at radius 1 is 1.03 bits per heavy atom. The van der Waals surface area contributed by atoms with Gasteiger partial charge in [-0.3, -0.25) is 4.79 Å². The summed E-state index contributed by atoms with van der Waals surface area (Å²) >= 11 is 0. The van der Waals surface area contributed by atoms with Gasteiger partial charge in [-0.1, -0.05) is 0 Å². The van der Waals surface area contributed by atoms with Gasteiger partial charge in [0.1, 0.15) is 5.82 Å². The molecule has 11 heteroatoms. The van der Waals surface area contributed by atoms with Crippen LogP contribution in [-0.2, 0) is 9.84 Å². The number of piperidine rings is 2. The minimum atomic E-state index is -3.77. The number of alkyl halides is 2. The number of aliphatic hydroxyl groups is 1. The summed E-state index contributed by atoms with van der Waals surface area (Å²) in [7, 11) is -3.77. The highest BCUT2D eigenvalue weighted by Crippen LogP contribution is 2.54. The molecule has 1 amide bonds. The van der Waals surface area contributed by atoms with Gasteiger partial charge in [0, 0.05) is 56.5 Å². The molecule has 212 valence electrons. The standard InChI is InChI=1S/C28H36F2N4O4S/c1-19-15-21(16-25(31-19)34-13-9-28(29,30)10-14-34)32-26(36)23-4-3-22(39(37,38)20(2)18-35)17-24(23)33-11-7-27(5-6-27)8-12-33/h3-4,15-17,20,35H,5-14,18H2,1-2H3,(H,31,32,36)/t20-/m1/s1. The van der Waals surface area contributed by atoms with Gasteiger partial charge in [0.15, 0.2) is 9.84 Å². The second kappa shape index (κ2) is 10.3. The Morgan fingerprint density at radius 3 is 2.28 bits per heavy atom. The molecule has 0 unspecified atom stereocenters. The highest BCUT2D eigenvalue weighted by molar-refractivity contribution is 7.92. The van der Waals surface area contributed by atoms with Gasteiger partial charge in [0.25, 0.3) is 11.8 Å². The number of amides is 1. The molecular weight excluding hydrogens is 526 g/mol. The van der Waals surface area contributed by atoms with E-state index >= 15 is 0 Å². The summed E-state index contributed by atoms with van der Waals surface area (Å²) in [5, 5.41) is 11.4. The maximum absolute atomic E-state index is 13.7. The topological polar surface area (TPSA) is 103 Å². The van der Waals surface area contributed by atoms with E-state index in [4.69, 9.17) is 0 Å². The Kier molecular flexibility index (Phi) is 7.34. The Bertz CT molecular complexity index is 1340. The fourth-order valence-electron chi connectivity index (χ4n) is 5.52. The minimum absolute atomic E-state index is 0.0752. The predicted molar refractivity (Wildman–Crippen MR) is 147 cm³/mol. The van der Waals surface area contributed by atoms with Gasteiger partial charge in [-0.15, -0.1) is 0 Å². The number of hydrogen-bond acceptors (Lipinski definition) is 7. The lowest BCUT2D eigenvalue weighted by atomic mass is 9.93. The van der Waals surface area contributed by atoms with E-state index in [0.717, 1.165) is 25.9 Å². The summed E-state index contributed by atoms with van der Waals surface area (Å²) < 4.78 is 53.3. The zero-order chi connectivity index (χ0) is 28.0. The van der Waals surface area contributed by atoms with Crippen molar-refractivity contribution in [3.63, 3.8) is 0 Å². The van der Waals surface area contributed by atoms with Crippen molar-refractivity contribution in [1.29, 1.82) is 0 Å². The number of carbonyl (C=O) groups excluding carboxylic acids is 1. The molecule has 3 fully saturated rings. The highest BCUT2D eigenvalue weighted by Gasteiger charge is 2.45. The number of aromatic nitrogens is 1. The summed E-state index contributed by atoms with van der Waals surface area (Å²) in [5.74, 6) is -2.53. The number of halogens is 2. The third-order valence-corrected chi connectivity index (χ3v) is 10.6. The monoisotopic (exact) mass is 562 g/mol. The molecule has 2 saturated heterocycles. The van der Waals surface area contributed by atoms with Crippen molar-refractivity contribution in [1.82, 2.24) is 4.98 Å². The first kappa shape index (κ1) is 27.8. The van der Waals surface area contributed by atoms with E-state index in [1.54, 1.807) is 30.0 Å². The molecule has 0 bridgehead atoms. The van der Waals surface area contributed by atoms with Gasteiger partial charge in [-0.25, -0.2) is 22.2 Å². The van der Waals surface area contributed by atoms with Crippen molar-refractivity contribution >= 4 is 32.9 Å². The van der Waals surface area contributed by atoms with Crippen molar-refractivity contribution in [2.75, 3.05) is 47.9 Å². The van der Waals surface area contributed by atoms with E-state index in [-0.39, 0.29) is 30.8 Å². The van der Waals surface area contributed by atoms with Crippen molar-refractivity contribution in [3.8, 4) is 0 Å². The lowest BCUT2D eigenvalue weighted by Gasteiger charge is -2.35. The molecule has 1 aromatic heterocycles. The second-order valence-corrected chi connectivity index (χ2v) is 13.7. The maximum atomic E-state index is 13.7. The van der Waals surface area contributed by atoms with Crippen LogP contribution in [0.4, 0.5) is 26.0 Å². The van der Waals surface area contributed by atoms with E-state index in [1.807, 2.05) is 0 Å². The van der Waals surface area contributed by atoms with E-state index in [2.05, 4.69) is 15.2 Å². The molecule has 0 radical (unpaired) electrons. The summed E-state index contributed by atoms with van der Waals surface area (Å²) in [5.41, 5.74) is 2.44. The zero-order valence-electron chi connectivity index (χ0n) is 22.4. The van der Waals surface area contributed by atoms with Crippen molar-refractivity contribution in [2.24, 2.45) is 5.41 Å². The van der Waals surface area contributed by atoms with Crippen molar-refractivity contribution < 1.29 is 27.1 Å². The molecule has 1 aliphatic carbocycles. The van der Waals surface area contributed by atoms with E-state index < -0.39 is 33.5 Å². The molecule has 1 spiro atoms. The molecule has 3 heterocycles. The SMILES string of the molecule is Cc1cc(NC(=O)c2ccc(S(=O)(=O)[C@H](C)CO)cc2N2CCC3(CC2)CC3)cc(N2CCC(F)(F)CC2)n1. The van der Waals surface area contributed by atoms with Gasteiger partial charge in [0.05, 0.1) is 28.0 Å². The van der Waals surface area contributed by atoms with Crippen LogP contribution in [-0.4, -0.2) is 68.4 Å². The number of sulfone groups is 1. The molecule has 1 saturated carbocycles. The Labute approximate surface area is 228 Å². The first-order valence-corrected chi connectivity index (χ1v) is 15.1. The van der Waals surface area contributed by atoms with E-state index in [0.29, 0.717) is 33.9 Å². The molecule has 2 aliphatic heterocycles. The average molecular weight is 563 g/mol. The lowest BCUT2D eigenvalue weighted by molar-refractivity contribution is -0.0221. The Balaban J connectivity index is 1.42. The Morgan fingerprint density at radius 2 is 1.67 bits per heavy atom. The van der Waals surface area contributed by atoms with Crippen molar-refractivity contribution in [3.05, 3.63) is 41.6 Å². The molecule has 8 nitrogen and oxygen atoms in total. The number of rotatable bonds is 7. The summed E-state index contributed by atoms with van der Waals surface area (Å²) in [4.78, 5) is 22.0. The first-order valence-electron chi connectivity index (χ1n) is 13.6. The molecule has 2 aromatic rings. The number of benzene rings is 1. The van der Waals surface area contributed by atoms with Gasteiger partial charge in [0.2, 0.25) is 0 Å². The number of nitrogens with one attached hydrogen (secondary N) is 1. The summed E-state index contributed by atoms with van der Waals surface area (Å²) in [6.45, 7) is 4.57. The zero-order valence-corrected chi connectivity index (χ0v) is 23.2. The van der Waals surface area contributed by atoms with Gasteiger partial charge >= 0.3 is 0 Å². The maximum Gasteiger partial charge on any atom is 0.257 e. The van der Waals surface area contributed by atoms with Crippen LogP contribution < -0.4 is 15.1 Å². The predicted octanol–water partition coefficient (Wildman–Crippen LogP) is 4.41. The smallest absolute Gasteiger partial charge is 0.257 e. The number of anilines is 3. The minimum Gasteiger partial charge on any atom is -0.395 e. The van der Waals surface area contributed by atoms with Crippen LogP contribution in [0.15, 0.2) is 35.2 Å². The van der Waals surface area contributed by atoms with Gasteiger partial charge in [-0.2, -0.15) is 0 Å². The number of aryl methyl sites for hydroxylation is 1. The third-order valence-electron chi connectivity index (χ3n) is 8.47. The normalized spacial score (nSPS) is 21.1. The van der Waals surface area contributed by atoms with E-state index in [1.165, 1.54) is 31.9 Å². The van der Waals surface area contributed by atoms with Crippen LogP contribution >= 0.6 is 0 Å². The summed E-state index contributed by atoms with van der Waals surface area (Å²) in [6, 6.07) is 7.92. The largest absolute Gasteiger partial charge is 0.395 e. The van der Waals surface area contributed by atoms with Crippen LogP contribution in [0.2, 0.25) is 0 Å². The van der Waals surface area contributed by atoms with Gasteiger partial charge in [-0.05, 0) is 69.2 Å². The van der Waals surface area contributed by atoms with Crippen LogP contribution in [0.5, 0.6) is 0 Å². The fourth-order valence-corrected chi connectivity index (χ4v) is 6.71. The van der Waals surface area contributed by atoms with Crippen LogP contribution in [0.25, 0.3) is 0 Å². The molecule has 3 aliphatic rings. The number of nitrogens with zero attached hydrogens (tertiary/aromatic N) is 3. The van der Waals surface area contributed by atoms with Crippen LogP contribution in [0.1, 0.15) is 61.5 Å². The Hall–Kier alpha value is -2.79. The molecule has 2 N–H and O–H groups in total. The molecule has 1 aromatic carbocycles. The van der Waals surface area contributed by atoms with E-state index in [9.17, 15) is 27.1 Å². The van der Waals surface area contributed by atoms with Gasteiger partial charge < -0.3 is 20.2 Å². The molecule has 1 atom stereocenters. The number of aliphatic hydroxyl groups excluding tert-OH is 1. The summed E-state index contributed by atoms with van der Waals surface area (Å²) in [6.07, 6.45) is 3.95. The molecule has 5 rings (SSSR count). The quantitative estimate of drug-likeness (QED) is 0.515. The molecular formula is C28H36F2N4O4S. The number of hydrogen-bond donors (Lipinski definition) is 2. The highest BCUT2D eigenvalue weighted by atomic mass is 32.2.